The lowest BCUT2D eigenvalue weighted by Gasteiger charge is -2.04. The van der Waals surface area contributed by atoms with Crippen LogP contribution in [0.4, 0.5) is 10.5 Å². The second-order valence-corrected chi connectivity index (χ2v) is 4.18. The molecule has 1 aromatic rings. The van der Waals surface area contributed by atoms with Crippen molar-refractivity contribution in [2.24, 2.45) is 0 Å². The van der Waals surface area contributed by atoms with Crippen LogP contribution in [0.2, 0.25) is 0 Å². The number of hydrogen-bond acceptors (Lipinski definition) is 2. The van der Waals surface area contributed by atoms with Crippen LogP contribution < -0.4 is 10.6 Å². The highest BCUT2D eigenvalue weighted by molar-refractivity contribution is 5.89. The summed E-state index contributed by atoms with van der Waals surface area (Å²) in [6.45, 7) is 4.09. The average molecular weight is 208 g/mol. The lowest BCUT2D eigenvalue weighted by Crippen LogP contribution is -2.30. The minimum atomic E-state index is -0.138. The van der Waals surface area contributed by atoms with Gasteiger partial charge in [-0.05, 0) is 26.7 Å². The molecule has 0 spiro atoms. The number of carbonyl (C=O) groups is 1. The van der Waals surface area contributed by atoms with Crippen LogP contribution in [0.15, 0.2) is 12.4 Å². The molecule has 15 heavy (non-hydrogen) atoms. The van der Waals surface area contributed by atoms with Crippen molar-refractivity contribution in [3.63, 3.8) is 0 Å². The van der Waals surface area contributed by atoms with Gasteiger partial charge in [-0.15, -0.1) is 0 Å². The van der Waals surface area contributed by atoms with Crippen molar-refractivity contribution in [2.45, 2.75) is 38.8 Å². The summed E-state index contributed by atoms with van der Waals surface area (Å²) < 4.78 is 1.81. The fourth-order valence-corrected chi connectivity index (χ4v) is 1.27. The van der Waals surface area contributed by atoms with Gasteiger partial charge in [0, 0.05) is 18.3 Å². The number of anilines is 1. The van der Waals surface area contributed by atoms with E-state index in [-0.39, 0.29) is 6.03 Å². The third-order valence-electron chi connectivity index (χ3n) is 2.30. The average Bonchev–Trinajstić information content (AvgIpc) is 2.82. The van der Waals surface area contributed by atoms with E-state index in [0.29, 0.717) is 12.1 Å². The van der Waals surface area contributed by atoms with Gasteiger partial charge in [0.05, 0.1) is 11.9 Å². The maximum atomic E-state index is 11.4. The monoisotopic (exact) mass is 208 g/mol. The van der Waals surface area contributed by atoms with E-state index in [1.54, 1.807) is 6.20 Å². The highest BCUT2D eigenvalue weighted by Crippen LogP contribution is 2.18. The van der Waals surface area contributed by atoms with Crippen molar-refractivity contribution in [3.05, 3.63) is 12.4 Å². The molecule has 5 nitrogen and oxygen atoms in total. The molecule has 2 amide bonds. The first-order valence-corrected chi connectivity index (χ1v) is 5.27. The van der Waals surface area contributed by atoms with Crippen LogP contribution >= 0.6 is 0 Å². The zero-order chi connectivity index (χ0) is 10.8. The minimum absolute atomic E-state index is 0.138. The molecule has 1 aliphatic carbocycles. The Morgan fingerprint density at radius 3 is 2.87 bits per heavy atom. The number of nitrogens with one attached hydrogen (secondary N) is 2. The van der Waals surface area contributed by atoms with E-state index >= 15 is 0 Å². The van der Waals surface area contributed by atoms with Gasteiger partial charge >= 0.3 is 6.03 Å². The van der Waals surface area contributed by atoms with Gasteiger partial charge in [-0.25, -0.2) is 4.79 Å². The standard InChI is InChI=1S/C10H16N4O/c1-7(2)14-6-9(5-11-14)13-10(15)12-8-3-4-8/h5-8H,3-4H2,1-2H3,(H2,12,13,15). The molecule has 0 radical (unpaired) electrons. The minimum Gasteiger partial charge on any atom is -0.335 e. The molecule has 0 unspecified atom stereocenters. The van der Waals surface area contributed by atoms with E-state index in [4.69, 9.17) is 0 Å². The van der Waals surface area contributed by atoms with E-state index in [2.05, 4.69) is 15.7 Å². The SMILES string of the molecule is CC(C)n1cc(NC(=O)NC2CC2)cn1. The second kappa shape index (κ2) is 3.92. The Hall–Kier alpha value is -1.52. The Balaban J connectivity index is 1.88. The van der Waals surface area contributed by atoms with Gasteiger partial charge in [-0.3, -0.25) is 4.68 Å². The normalized spacial score (nSPS) is 15.4. The molecule has 0 aliphatic heterocycles. The molecule has 82 valence electrons. The summed E-state index contributed by atoms with van der Waals surface area (Å²) in [7, 11) is 0. The molecule has 1 fully saturated rings. The largest absolute Gasteiger partial charge is 0.335 e. The van der Waals surface area contributed by atoms with E-state index in [1.807, 2.05) is 24.7 Å². The molecule has 1 aliphatic rings. The molecular weight excluding hydrogens is 192 g/mol. The van der Waals surface area contributed by atoms with E-state index in [9.17, 15) is 4.79 Å². The lowest BCUT2D eigenvalue weighted by atomic mass is 10.4. The predicted octanol–water partition coefficient (Wildman–Crippen LogP) is 1.75. The van der Waals surface area contributed by atoms with Crippen LogP contribution in [-0.4, -0.2) is 21.9 Å². The van der Waals surface area contributed by atoms with E-state index in [0.717, 1.165) is 18.5 Å². The quantitative estimate of drug-likeness (QED) is 0.795. The Morgan fingerprint density at radius 1 is 1.60 bits per heavy atom. The topological polar surface area (TPSA) is 59.0 Å². The third-order valence-corrected chi connectivity index (χ3v) is 2.30. The maximum Gasteiger partial charge on any atom is 0.319 e. The number of nitrogens with zero attached hydrogens (tertiary/aromatic N) is 2. The second-order valence-electron chi connectivity index (χ2n) is 4.18. The maximum absolute atomic E-state index is 11.4. The summed E-state index contributed by atoms with van der Waals surface area (Å²) in [4.78, 5) is 11.4. The fraction of sp³-hybridized carbons (Fsp3) is 0.600. The Morgan fingerprint density at radius 2 is 2.33 bits per heavy atom. The first kappa shape index (κ1) is 10.0. The van der Waals surface area contributed by atoms with Crippen LogP contribution in [0.1, 0.15) is 32.7 Å². The highest BCUT2D eigenvalue weighted by atomic mass is 16.2. The molecule has 1 saturated carbocycles. The van der Waals surface area contributed by atoms with Gasteiger partial charge in [0.15, 0.2) is 0 Å². The zero-order valence-electron chi connectivity index (χ0n) is 9.03. The first-order valence-electron chi connectivity index (χ1n) is 5.27. The smallest absolute Gasteiger partial charge is 0.319 e. The van der Waals surface area contributed by atoms with Gasteiger partial charge in [0.2, 0.25) is 0 Å². The van der Waals surface area contributed by atoms with Crippen LogP contribution in [0.5, 0.6) is 0 Å². The molecule has 2 N–H and O–H groups in total. The molecule has 2 rings (SSSR count). The Labute approximate surface area is 88.8 Å². The van der Waals surface area contributed by atoms with Crippen LogP contribution in [-0.2, 0) is 0 Å². The Kier molecular flexibility index (Phi) is 2.62. The van der Waals surface area contributed by atoms with Gasteiger partial charge in [0.1, 0.15) is 0 Å². The molecule has 1 heterocycles. The Bertz CT molecular complexity index is 354. The van der Waals surface area contributed by atoms with Gasteiger partial charge in [0.25, 0.3) is 0 Å². The number of rotatable bonds is 3. The summed E-state index contributed by atoms with van der Waals surface area (Å²) in [5.41, 5.74) is 0.738. The summed E-state index contributed by atoms with van der Waals surface area (Å²) in [6.07, 6.45) is 5.68. The third kappa shape index (κ3) is 2.71. The van der Waals surface area contributed by atoms with Crippen LogP contribution in [0, 0.1) is 0 Å². The molecule has 5 heteroatoms. The van der Waals surface area contributed by atoms with Gasteiger partial charge < -0.3 is 10.6 Å². The van der Waals surface area contributed by atoms with Crippen LogP contribution in [0.25, 0.3) is 0 Å². The summed E-state index contributed by atoms with van der Waals surface area (Å²) in [5.74, 6) is 0. The predicted molar refractivity (Wildman–Crippen MR) is 57.8 cm³/mol. The van der Waals surface area contributed by atoms with Gasteiger partial charge in [-0.1, -0.05) is 0 Å². The van der Waals surface area contributed by atoms with Crippen molar-refractivity contribution in [3.8, 4) is 0 Å². The molecule has 0 atom stereocenters. The van der Waals surface area contributed by atoms with E-state index in [1.165, 1.54) is 0 Å². The molecule has 0 aromatic carbocycles. The van der Waals surface area contributed by atoms with Gasteiger partial charge in [-0.2, -0.15) is 5.10 Å². The molecular formula is C10H16N4O. The zero-order valence-corrected chi connectivity index (χ0v) is 9.03. The molecule has 1 aromatic heterocycles. The number of amides is 2. The number of urea groups is 1. The highest BCUT2D eigenvalue weighted by Gasteiger charge is 2.23. The molecule has 0 bridgehead atoms. The number of hydrogen-bond donors (Lipinski definition) is 2. The van der Waals surface area contributed by atoms with Crippen molar-refractivity contribution < 1.29 is 4.79 Å². The number of carbonyl (C=O) groups excluding carboxylic acids is 1. The van der Waals surface area contributed by atoms with E-state index < -0.39 is 0 Å². The summed E-state index contributed by atoms with van der Waals surface area (Å²) in [6, 6.07) is 0.554. The van der Waals surface area contributed by atoms with Crippen molar-refractivity contribution >= 4 is 11.7 Å². The molecule has 0 saturated heterocycles. The number of aromatic nitrogens is 2. The fourth-order valence-electron chi connectivity index (χ4n) is 1.27. The van der Waals surface area contributed by atoms with Crippen molar-refractivity contribution in [1.82, 2.24) is 15.1 Å². The van der Waals surface area contributed by atoms with Crippen molar-refractivity contribution in [1.29, 1.82) is 0 Å². The van der Waals surface area contributed by atoms with Crippen LogP contribution in [0.3, 0.4) is 0 Å². The summed E-state index contributed by atoms with van der Waals surface area (Å²) in [5, 5.41) is 9.75. The van der Waals surface area contributed by atoms with Crippen molar-refractivity contribution in [2.75, 3.05) is 5.32 Å². The summed E-state index contributed by atoms with van der Waals surface area (Å²) >= 11 is 0. The first-order chi connectivity index (χ1) is 7.15. The lowest BCUT2D eigenvalue weighted by molar-refractivity contribution is 0.251.